The number of nitrogens with one attached hydrogen (secondary N) is 1. The Morgan fingerprint density at radius 2 is 2.00 bits per heavy atom. The zero-order valence-electron chi connectivity index (χ0n) is 10.5. The van der Waals surface area contributed by atoms with E-state index in [1.54, 1.807) is 12.1 Å². The first-order valence-electron chi connectivity index (χ1n) is 6.50. The average Bonchev–Trinajstić information content (AvgIpc) is 3.19. The van der Waals surface area contributed by atoms with Crippen molar-refractivity contribution in [1.82, 2.24) is 9.97 Å². The molecule has 5 heteroatoms. The second-order valence-corrected chi connectivity index (χ2v) is 6.11. The molecule has 4 rings (SSSR count). The molecule has 0 radical (unpaired) electrons. The number of thiophene rings is 1. The third-order valence-electron chi connectivity index (χ3n) is 3.49. The Hall–Kier alpha value is -2.01. The lowest BCUT2D eigenvalue weighted by atomic mass is 10.2. The van der Waals surface area contributed by atoms with Crippen molar-refractivity contribution in [3.63, 3.8) is 0 Å². The van der Waals surface area contributed by atoms with E-state index in [2.05, 4.69) is 9.97 Å². The summed E-state index contributed by atoms with van der Waals surface area (Å²) in [5.74, 6) is 0.953. The van der Waals surface area contributed by atoms with Crippen LogP contribution in [-0.2, 0) is 0 Å². The van der Waals surface area contributed by atoms with Gasteiger partial charge in [0.1, 0.15) is 16.3 Å². The van der Waals surface area contributed by atoms with Gasteiger partial charge in [0.2, 0.25) is 0 Å². The summed E-state index contributed by atoms with van der Waals surface area (Å²) in [5, 5.41) is 0. The molecule has 3 nitrogen and oxygen atoms in total. The first-order chi connectivity index (χ1) is 9.70. The zero-order chi connectivity index (χ0) is 13.7. The Morgan fingerprint density at radius 3 is 2.70 bits per heavy atom. The van der Waals surface area contributed by atoms with E-state index in [1.807, 2.05) is 6.07 Å². The first kappa shape index (κ1) is 11.8. The van der Waals surface area contributed by atoms with E-state index in [1.165, 1.54) is 23.5 Å². The fraction of sp³-hybridized carbons (Fsp3) is 0.200. The second-order valence-electron chi connectivity index (χ2n) is 5.06. The van der Waals surface area contributed by atoms with Gasteiger partial charge in [-0.1, -0.05) is 12.1 Å². The number of nitrogens with zero attached hydrogens (tertiary/aromatic N) is 1. The largest absolute Gasteiger partial charge is 0.309 e. The number of benzene rings is 1. The maximum absolute atomic E-state index is 13.0. The van der Waals surface area contributed by atoms with Crippen LogP contribution < -0.4 is 5.56 Å². The molecular formula is C15H11FN2OS. The van der Waals surface area contributed by atoms with Crippen LogP contribution in [0.2, 0.25) is 0 Å². The van der Waals surface area contributed by atoms with Crippen LogP contribution in [0.15, 0.2) is 35.1 Å². The van der Waals surface area contributed by atoms with Gasteiger partial charge in [-0.25, -0.2) is 9.37 Å². The van der Waals surface area contributed by atoms with Crippen LogP contribution in [0.1, 0.15) is 24.6 Å². The summed E-state index contributed by atoms with van der Waals surface area (Å²) >= 11 is 1.39. The first-order valence-corrected chi connectivity index (χ1v) is 7.32. The van der Waals surface area contributed by atoms with E-state index in [0.717, 1.165) is 34.6 Å². The van der Waals surface area contributed by atoms with E-state index < -0.39 is 0 Å². The number of rotatable bonds is 2. The highest BCUT2D eigenvalue weighted by Gasteiger charge is 2.26. The maximum Gasteiger partial charge on any atom is 0.268 e. The van der Waals surface area contributed by atoms with E-state index in [9.17, 15) is 9.18 Å². The van der Waals surface area contributed by atoms with E-state index in [4.69, 9.17) is 0 Å². The van der Waals surface area contributed by atoms with Gasteiger partial charge in [-0.3, -0.25) is 4.79 Å². The fourth-order valence-corrected chi connectivity index (χ4v) is 3.26. The van der Waals surface area contributed by atoms with Gasteiger partial charge in [-0.05, 0) is 36.6 Å². The molecule has 0 aliphatic heterocycles. The number of aromatic amines is 1. The predicted octanol–water partition coefficient (Wildman–Crippen LogP) is 3.67. The van der Waals surface area contributed by atoms with Gasteiger partial charge in [-0.15, -0.1) is 11.3 Å². The lowest BCUT2D eigenvalue weighted by Crippen LogP contribution is -2.09. The minimum atomic E-state index is -0.262. The third-order valence-corrected chi connectivity index (χ3v) is 4.67. The summed E-state index contributed by atoms with van der Waals surface area (Å²) < 4.78 is 13.6. The molecule has 0 amide bonds. The Morgan fingerprint density at radius 1 is 1.25 bits per heavy atom. The minimum Gasteiger partial charge on any atom is -0.309 e. The Kier molecular flexibility index (Phi) is 2.50. The van der Waals surface area contributed by atoms with Crippen molar-refractivity contribution < 1.29 is 4.39 Å². The molecule has 0 spiro atoms. The molecule has 0 unspecified atom stereocenters. The summed E-state index contributed by atoms with van der Waals surface area (Å²) in [4.78, 5) is 20.4. The molecule has 1 aromatic carbocycles. The van der Waals surface area contributed by atoms with Crippen LogP contribution in [0.3, 0.4) is 0 Å². The van der Waals surface area contributed by atoms with Crippen molar-refractivity contribution in [3.8, 4) is 10.4 Å². The molecule has 0 atom stereocenters. The third kappa shape index (κ3) is 1.94. The smallest absolute Gasteiger partial charge is 0.268 e. The molecule has 1 aliphatic carbocycles. The van der Waals surface area contributed by atoms with Crippen molar-refractivity contribution in [2.45, 2.75) is 18.8 Å². The summed E-state index contributed by atoms with van der Waals surface area (Å²) in [5.41, 5.74) is 1.57. The van der Waals surface area contributed by atoms with E-state index in [-0.39, 0.29) is 11.4 Å². The second kappa shape index (κ2) is 4.24. The summed E-state index contributed by atoms with van der Waals surface area (Å²) in [6.45, 7) is 0. The van der Waals surface area contributed by atoms with Crippen molar-refractivity contribution in [1.29, 1.82) is 0 Å². The van der Waals surface area contributed by atoms with Gasteiger partial charge in [0.05, 0.1) is 5.52 Å². The SMILES string of the molecule is O=c1[nH]c(C2CC2)nc2cc(-c3ccc(F)cc3)sc12. The molecule has 2 aromatic heterocycles. The van der Waals surface area contributed by atoms with Crippen LogP contribution in [0, 0.1) is 5.82 Å². The molecular weight excluding hydrogens is 275 g/mol. The Labute approximate surface area is 118 Å². The highest BCUT2D eigenvalue weighted by Crippen LogP contribution is 2.38. The van der Waals surface area contributed by atoms with Gasteiger partial charge in [0, 0.05) is 10.8 Å². The molecule has 1 fully saturated rings. The molecule has 1 saturated carbocycles. The monoisotopic (exact) mass is 286 g/mol. The van der Waals surface area contributed by atoms with Crippen LogP contribution in [-0.4, -0.2) is 9.97 Å². The van der Waals surface area contributed by atoms with E-state index in [0.29, 0.717) is 10.6 Å². The number of H-pyrrole nitrogens is 1. The summed E-state index contributed by atoms with van der Waals surface area (Å²) in [6, 6.07) is 8.19. The van der Waals surface area contributed by atoms with Crippen LogP contribution in [0.25, 0.3) is 20.7 Å². The van der Waals surface area contributed by atoms with Crippen LogP contribution >= 0.6 is 11.3 Å². The van der Waals surface area contributed by atoms with Crippen LogP contribution in [0.5, 0.6) is 0 Å². The highest BCUT2D eigenvalue weighted by molar-refractivity contribution is 7.22. The molecule has 2 heterocycles. The number of hydrogen-bond acceptors (Lipinski definition) is 3. The minimum absolute atomic E-state index is 0.0738. The molecule has 0 bridgehead atoms. The van der Waals surface area contributed by atoms with E-state index >= 15 is 0 Å². The van der Waals surface area contributed by atoms with Gasteiger partial charge in [0.25, 0.3) is 5.56 Å². The fourth-order valence-electron chi connectivity index (χ4n) is 2.26. The standard InChI is InChI=1S/C15H11FN2OS/c16-10-5-3-8(4-6-10)12-7-11-13(20-12)15(19)18-14(17-11)9-1-2-9/h3-7,9H,1-2H2,(H,17,18,19). The van der Waals surface area contributed by atoms with Crippen LogP contribution in [0.4, 0.5) is 4.39 Å². The number of hydrogen-bond donors (Lipinski definition) is 1. The lowest BCUT2D eigenvalue weighted by Gasteiger charge is -1.95. The predicted molar refractivity (Wildman–Crippen MR) is 77.6 cm³/mol. The number of fused-ring (bicyclic) bond motifs is 1. The Balaban J connectivity index is 1.87. The topological polar surface area (TPSA) is 45.8 Å². The molecule has 0 saturated heterocycles. The average molecular weight is 286 g/mol. The van der Waals surface area contributed by atoms with Crippen molar-refractivity contribution >= 4 is 21.6 Å². The van der Waals surface area contributed by atoms with Crippen molar-refractivity contribution in [3.05, 3.63) is 52.3 Å². The van der Waals surface area contributed by atoms with Crippen molar-refractivity contribution in [2.75, 3.05) is 0 Å². The molecule has 100 valence electrons. The number of halogens is 1. The maximum atomic E-state index is 13.0. The quantitative estimate of drug-likeness (QED) is 0.781. The van der Waals surface area contributed by atoms with Gasteiger partial charge >= 0.3 is 0 Å². The molecule has 1 aliphatic rings. The number of aromatic nitrogens is 2. The van der Waals surface area contributed by atoms with Gasteiger partial charge in [0.15, 0.2) is 0 Å². The molecule has 3 aromatic rings. The normalized spacial score (nSPS) is 14.8. The lowest BCUT2D eigenvalue weighted by molar-refractivity contribution is 0.628. The summed E-state index contributed by atoms with van der Waals surface area (Å²) in [7, 11) is 0. The molecule has 1 N–H and O–H groups in total. The van der Waals surface area contributed by atoms with Crippen molar-refractivity contribution in [2.24, 2.45) is 0 Å². The van der Waals surface area contributed by atoms with Gasteiger partial charge < -0.3 is 4.98 Å². The zero-order valence-corrected chi connectivity index (χ0v) is 11.3. The summed E-state index contributed by atoms with van der Waals surface area (Å²) in [6.07, 6.45) is 2.20. The Bertz CT molecular complexity index is 846. The van der Waals surface area contributed by atoms with Gasteiger partial charge in [-0.2, -0.15) is 0 Å². The highest BCUT2D eigenvalue weighted by atomic mass is 32.1. The molecule has 20 heavy (non-hydrogen) atoms.